The predicted octanol–water partition coefficient (Wildman–Crippen LogP) is 1.30. The van der Waals surface area contributed by atoms with Gasteiger partial charge >= 0.3 is 0 Å². The summed E-state index contributed by atoms with van der Waals surface area (Å²) in [5.74, 6) is -1.06. The molecule has 0 N–H and O–H groups in total. The van der Waals surface area contributed by atoms with Gasteiger partial charge in [0.25, 0.3) is 0 Å². The van der Waals surface area contributed by atoms with Gasteiger partial charge in [-0.25, -0.2) is 12.8 Å². The first-order valence-electron chi connectivity index (χ1n) is 6.14. The van der Waals surface area contributed by atoms with Gasteiger partial charge < -0.3 is 4.79 Å². The van der Waals surface area contributed by atoms with Crippen LogP contribution in [0.5, 0.6) is 0 Å². The van der Waals surface area contributed by atoms with Crippen LogP contribution in [0.2, 0.25) is 0 Å². The maximum Gasteiger partial charge on any atom is 0.243 e. The Bertz CT molecular complexity index is 667. The maximum absolute atomic E-state index is 13.2. The molecule has 1 aliphatic rings. The zero-order valence-electron chi connectivity index (χ0n) is 10.6. The molecule has 0 spiro atoms. The number of hydrogen-bond acceptors (Lipinski definition) is 4. The molecule has 0 amide bonds. The van der Waals surface area contributed by atoms with Crippen LogP contribution in [0.3, 0.4) is 0 Å². The van der Waals surface area contributed by atoms with Crippen LogP contribution in [-0.4, -0.2) is 32.1 Å². The Morgan fingerprint density at radius 3 is 2.85 bits per heavy atom. The molecule has 5 nitrogen and oxygen atoms in total. The van der Waals surface area contributed by atoms with E-state index in [1.807, 2.05) is 0 Å². The number of nitrogens with zero attached hydrogens (tertiary/aromatic N) is 2. The van der Waals surface area contributed by atoms with Crippen molar-refractivity contribution in [3.63, 3.8) is 0 Å². The Hall–Kier alpha value is -1.78. The van der Waals surface area contributed by atoms with Gasteiger partial charge in [-0.05, 0) is 31.0 Å². The summed E-state index contributed by atoms with van der Waals surface area (Å²) >= 11 is 0. The van der Waals surface area contributed by atoms with Gasteiger partial charge in [-0.15, -0.1) is 0 Å². The Balaban J connectivity index is 2.35. The van der Waals surface area contributed by atoms with Gasteiger partial charge in [0.15, 0.2) is 0 Å². The molecule has 1 saturated heterocycles. The number of aldehydes is 1. The van der Waals surface area contributed by atoms with Crippen LogP contribution in [-0.2, 0) is 14.8 Å². The van der Waals surface area contributed by atoms with Crippen molar-refractivity contribution in [2.24, 2.45) is 5.92 Å². The summed E-state index contributed by atoms with van der Waals surface area (Å²) in [6.07, 6.45) is 2.03. The first kappa shape index (κ1) is 14.6. The fraction of sp³-hybridized carbons (Fsp3) is 0.385. The highest BCUT2D eigenvalue weighted by atomic mass is 32.2. The number of hydrogen-bond donors (Lipinski definition) is 0. The predicted molar refractivity (Wildman–Crippen MR) is 68.7 cm³/mol. The first-order chi connectivity index (χ1) is 9.48. The van der Waals surface area contributed by atoms with Crippen LogP contribution in [0.25, 0.3) is 0 Å². The Morgan fingerprint density at radius 1 is 1.45 bits per heavy atom. The van der Waals surface area contributed by atoms with E-state index in [1.165, 1.54) is 4.31 Å². The monoisotopic (exact) mass is 296 g/mol. The molecule has 20 heavy (non-hydrogen) atoms. The van der Waals surface area contributed by atoms with Gasteiger partial charge in [0.1, 0.15) is 18.2 Å². The zero-order valence-corrected chi connectivity index (χ0v) is 11.4. The van der Waals surface area contributed by atoms with Crippen LogP contribution < -0.4 is 0 Å². The third kappa shape index (κ3) is 2.71. The number of nitriles is 1. The van der Waals surface area contributed by atoms with Crippen LogP contribution in [0, 0.1) is 23.1 Å². The van der Waals surface area contributed by atoms with Gasteiger partial charge in [0.2, 0.25) is 10.0 Å². The lowest BCUT2D eigenvalue weighted by molar-refractivity contribution is -0.112. The standard InChI is InChI=1S/C13H13FN2O3S/c14-13-4-3-12(6-11(13)7-15)20(18,19)16-5-1-2-10(8-16)9-17/h3-4,6,9-10H,1-2,5,8H2. The molecule has 0 aromatic heterocycles. The Kier molecular flexibility index (Phi) is 4.16. The minimum Gasteiger partial charge on any atom is -0.303 e. The number of piperidine rings is 1. The maximum atomic E-state index is 13.2. The summed E-state index contributed by atoms with van der Waals surface area (Å²) in [5, 5.41) is 8.75. The molecular formula is C13H13FN2O3S. The van der Waals surface area contributed by atoms with E-state index in [0.29, 0.717) is 19.4 Å². The number of halogens is 1. The van der Waals surface area contributed by atoms with E-state index in [0.717, 1.165) is 24.5 Å². The largest absolute Gasteiger partial charge is 0.303 e. The number of sulfonamides is 1. The fourth-order valence-corrected chi connectivity index (χ4v) is 3.77. The highest BCUT2D eigenvalue weighted by Crippen LogP contribution is 2.24. The molecule has 1 fully saturated rings. The Labute approximate surface area is 116 Å². The molecule has 7 heteroatoms. The average molecular weight is 296 g/mol. The molecule has 0 saturated carbocycles. The summed E-state index contributed by atoms with van der Waals surface area (Å²) in [6.45, 7) is 0.455. The Morgan fingerprint density at radius 2 is 2.20 bits per heavy atom. The van der Waals surface area contributed by atoms with E-state index in [4.69, 9.17) is 5.26 Å². The topological polar surface area (TPSA) is 78.2 Å². The second kappa shape index (κ2) is 5.69. The van der Waals surface area contributed by atoms with E-state index < -0.39 is 15.8 Å². The zero-order chi connectivity index (χ0) is 14.8. The van der Waals surface area contributed by atoms with Crippen LogP contribution in [0.4, 0.5) is 4.39 Å². The first-order valence-corrected chi connectivity index (χ1v) is 7.58. The van der Waals surface area contributed by atoms with E-state index in [-0.39, 0.29) is 22.9 Å². The van der Waals surface area contributed by atoms with E-state index in [2.05, 4.69) is 0 Å². The molecule has 0 bridgehead atoms. The summed E-state index contributed by atoms with van der Waals surface area (Å²) in [6, 6.07) is 4.74. The van der Waals surface area contributed by atoms with Gasteiger partial charge in [-0.2, -0.15) is 9.57 Å². The number of carbonyl (C=O) groups is 1. The normalized spacial score (nSPS) is 20.3. The summed E-state index contributed by atoms with van der Waals surface area (Å²) < 4.78 is 39.3. The van der Waals surface area contributed by atoms with Crippen LogP contribution in [0.15, 0.2) is 23.1 Å². The van der Waals surface area contributed by atoms with E-state index in [9.17, 15) is 17.6 Å². The smallest absolute Gasteiger partial charge is 0.243 e. The lowest BCUT2D eigenvalue weighted by Gasteiger charge is -2.29. The molecule has 1 heterocycles. The quantitative estimate of drug-likeness (QED) is 0.788. The number of carbonyl (C=O) groups excluding carboxylic acids is 1. The van der Waals surface area contributed by atoms with Crippen molar-refractivity contribution < 1.29 is 17.6 Å². The van der Waals surface area contributed by atoms with Crippen molar-refractivity contribution >= 4 is 16.3 Å². The summed E-state index contributed by atoms with van der Waals surface area (Å²) in [5.41, 5.74) is -0.310. The number of benzene rings is 1. The minimum absolute atomic E-state index is 0.123. The molecule has 1 atom stereocenters. The van der Waals surface area contributed by atoms with Gasteiger partial charge in [-0.3, -0.25) is 0 Å². The number of rotatable bonds is 3. The molecule has 1 aliphatic heterocycles. The lowest BCUT2D eigenvalue weighted by atomic mass is 10.0. The van der Waals surface area contributed by atoms with Crippen molar-refractivity contribution in [3.8, 4) is 6.07 Å². The average Bonchev–Trinajstić information content (AvgIpc) is 2.47. The van der Waals surface area contributed by atoms with E-state index >= 15 is 0 Å². The molecule has 106 valence electrons. The third-order valence-corrected chi connectivity index (χ3v) is 5.17. The molecule has 1 aromatic carbocycles. The minimum atomic E-state index is -3.80. The fourth-order valence-electron chi connectivity index (χ4n) is 2.20. The molecule has 0 aliphatic carbocycles. The molecular weight excluding hydrogens is 283 g/mol. The van der Waals surface area contributed by atoms with Gasteiger partial charge in [0, 0.05) is 19.0 Å². The molecule has 1 unspecified atom stereocenters. The highest BCUT2D eigenvalue weighted by molar-refractivity contribution is 7.89. The SMILES string of the molecule is N#Cc1cc(S(=O)(=O)N2CCCC(C=O)C2)ccc1F. The highest BCUT2D eigenvalue weighted by Gasteiger charge is 2.30. The third-order valence-electron chi connectivity index (χ3n) is 3.31. The second-order valence-electron chi connectivity index (χ2n) is 4.65. The van der Waals surface area contributed by atoms with Gasteiger partial charge in [-0.1, -0.05) is 0 Å². The van der Waals surface area contributed by atoms with Crippen molar-refractivity contribution in [2.45, 2.75) is 17.7 Å². The van der Waals surface area contributed by atoms with Gasteiger partial charge in [0.05, 0.1) is 10.5 Å². The van der Waals surface area contributed by atoms with Crippen molar-refractivity contribution in [3.05, 3.63) is 29.6 Å². The van der Waals surface area contributed by atoms with Crippen LogP contribution in [0.1, 0.15) is 18.4 Å². The molecule has 0 radical (unpaired) electrons. The van der Waals surface area contributed by atoms with Crippen LogP contribution >= 0.6 is 0 Å². The molecule has 2 rings (SSSR count). The van der Waals surface area contributed by atoms with Crippen molar-refractivity contribution in [1.82, 2.24) is 4.31 Å². The molecule has 1 aromatic rings. The second-order valence-corrected chi connectivity index (χ2v) is 6.59. The van der Waals surface area contributed by atoms with E-state index in [1.54, 1.807) is 6.07 Å². The van der Waals surface area contributed by atoms with Crippen molar-refractivity contribution in [1.29, 1.82) is 5.26 Å². The lowest BCUT2D eigenvalue weighted by Crippen LogP contribution is -2.40. The summed E-state index contributed by atoms with van der Waals surface area (Å²) in [4.78, 5) is 10.7. The van der Waals surface area contributed by atoms with Crippen molar-refractivity contribution in [2.75, 3.05) is 13.1 Å². The summed E-state index contributed by atoms with van der Waals surface area (Å²) in [7, 11) is -3.80.